The summed E-state index contributed by atoms with van der Waals surface area (Å²) < 4.78 is 24.4. The molecule has 170 valence electrons. The fourth-order valence-corrected chi connectivity index (χ4v) is 4.72. The summed E-state index contributed by atoms with van der Waals surface area (Å²) in [7, 11) is 1.67. The van der Waals surface area contributed by atoms with Crippen molar-refractivity contribution in [2.45, 2.75) is 31.5 Å². The van der Waals surface area contributed by atoms with Crippen molar-refractivity contribution in [2.75, 3.05) is 13.7 Å². The molecule has 8 heteroatoms. The van der Waals surface area contributed by atoms with Crippen LogP contribution in [0.1, 0.15) is 35.3 Å². The average Bonchev–Trinajstić information content (AvgIpc) is 3.42. The van der Waals surface area contributed by atoms with Gasteiger partial charge in [0.1, 0.15) is 11.6 Å². The summed E-state index contributed by atoms with van der Waals surface area (Å²) >= 11 is 6.14. The van der Waals surface area contributed by atoms with Crippen molar-refractivity contribution < 1.29 is 18.8 Å². The molecule has 0 bridgehead atoms. The van der Waals surface area contributed by atoms with Crippen LogP contribution >= 0.6 is 11.6 Å². The largest absolute Gasteiger partial charge is 0.496 e. The molecule has 0 amide bonds. The van der Waals surface area contributed by atoms with Gasteiger partial charge < -0.3 is 14.4 Å². The summed E-state index contributed by atoms with van der Waals surface area (Å²) in [4.78, 5) is 6.72. The van der Waals surface area contributed by atoms with Crippen molar-refractivity contribution in [2.24, 2.45) is 0 Å². The van der Waals surface area contributed by atoms with E-state index in [9.17, 15) is 9.50 Å². The Labute approximate surface area is 195 Å². The summed E-state index contributed by atoms with van der Waals surface area (Å²) in [5.74, 6) is 1.36. The lowest BCUT2D eigenvalue weighted by Gasteiger charge is -2.22. The maximum atomic E-state index is 13.3. The Kier molecular flexibility index (Phi) is 6.01. The third-order valence-corrected chi connectivity index (χ3v) is 6.43. The van der Waals surface area contributed by atoms with Crippen LogP contribution in [0.4, 0.5) is 4.39 Å². The minimum atomic E-state index is -0.485. The molecular formula is C25H23ClFN3O3. The van der Waals surface area contributed by atoms with Gasteiger partial charge in [-0.3, -0.25) is 4.90 Å². The van der Waals surface area contributed by atoms with Crippen molar-refractivity contribution in [1.82, 2.24) is 15.0 Å². The van der Waals surface area contributed by atoms with Gasteiger partial charge >= 0.3 is 0 Å². The van der Waals surface area contributed by atoms with E-state index in [0.717, 1.165) is 27.6 Å². The number of rotatable bonds is 6. The van der Waals surface area contributed by atoms with Crippen molar-refractivity contribution in [3.8, 4) is 5.75 Å². The van der Waals surface area contributed by atoms with Crippen LogP contribution in [0.5, 0.6) is 5.75 Å². The molecule has 0 aliphatic carbocycles. The van der Waals surface area contributed by atoms with Crippen LogP contribution in [0, 0.1) is 5.82 Å². The molecule has 2 heterocycles. The highest BCUT2D eigenvalue weighted by Crippen LogP contribution is 2.35. The van der Waals surface area contributed by atoms with Gasteiger partial charge in [-0.1, -0.05) is 53.2 Å². The van der Waals surface area contributed by atoms with Crippen LogP contribution in [0.3, 0.4) is 0 Å². The molecule has 3 aromatic carbocycles. The number of aromatic nitrogens is 2. The SMILES string of the molecule is COc1ccc(CN2C[C@H](O)C[C@H]2c2nc(Cc3ccc(F)cc3Cl)no2)c2ccccc12. The lowest BCUT2D eigenvalue weighted by molar-refractivity contribution is 0.169. The quantitative estimate of drug-likeness (QED) is 0.434. The minimum Gasteiger partial charge on any atom is -0.496 e. The molecule has 1 aliphatic heterocycles. The van der Waals surface area contributed by atoms with Crippen LogP contribution in [0.2, 0.25) is 5.02 Å². The number of fused-ring (bicyclic) bond motifs is 1. The number of hydrogen-bond donors (Lipinski definition) is 1. The van der Waals surface area contributed by atoms with E-state index in [1.165, 1.54) is 12.1 Å². The van der Waals surface area contributed by atoms with Gasteiger partial charge in [0, 0.05) is 29.9 Å². The molecule has 6 nitrogen and oxygen atoms in total. The number of benzene rings is 3. The molecule has 0 saturated carbocycles. The minimum absolute atomic E-state index is 0.203. The van der Waals surface area contributed by atoms with Gasteiger partial charge in [-0.25, -0.2) is 4.39 Å². The van der Waals surface area contributed by atoms with E-state index in [1.54, 1.807) is 13.2 Å². The van der Waals surface area contributed by atoms with Gasteiger partial charge in [-0.05, 0) is 41.1 Å². The van der Waals surface area contributed by atoms with Crippen molar-refractivity contribution in [3.63, 3.8) is 0 Å². The predicted octanol–water partition coefficient (Wildman–Crippen LogP) is 4.92. The first-order valence-electron chi connectivity index (χ1n) is 10.7. The van der Waals surface area contributed by atoms with Crippen LogP contribution in [-0.2, 0) is 13.0 Å². The van der Waals surface area contributed by atoms with Gasteiger partial charge in [0.05, 0.1) is 19.3 Å². The van der Waals surface area contributed by atoms with E-state index in [1.807, 2.05) is 24.3 Å². The smallest absolute Gasteiger partial charge is 0.244 e. The second-order valence-corrected chi connectivity index (χ2v) is 8.68. The Balaban J connectivity index is 1.39. The average molecular weight is 468 g/mol. The van der Waals surface area contributed by atoms with E-state index >= 15 is 0 Å². The van der Waals surface area contributed by atoms with Crippen LogP contribution in [-0.4, -0.2) is 39.9 Å². The number of halogens is 2. The lowest BCUT2D eigenvalue weighted by atomic mass is 10.0. The molecule has 1 fully saturated rings. The maximum absolute atomic E-state index is 13.3. The first-order valence-corrected chi connectivity index (χ1v) is 11.1. The molecule has 0 radical (unpaired) electrons. The van der Waals surface area contributed by atoms with E-state index in [4.69, 9.17) is 20.9 Å². The molecule has 1 saturated heterocycles. The van der Waals surface area contributed by atoms with Gasteiger partial charge in [0.15, 0.2) is 5.82 Å². The van der Waals surface area contributed by atoms with Gasteiger partial charge in [0.25, 0.3) is 0 Å². The number of hydrogen-bond acceptors (Lipinski definition) is 6. The Morgan fingerprint density at radius 1 is 1.15 bits per heavy atom. The molecule has 1 aromatic heterocycles. The maximum Gasteiger partial charge on any atom is 0.244 e. The molecule has 4 aromatic rings. The third-order valence-electron chi connectivity index (χ3n) is 6.08. The van der Waals surface area contributed by atoms with Crippen molar-refractivity contribution in [3.05, 3.63) is 88.3 Å². The molecule has 0 unspecified atom stereocenters. The molecule has 5 rings (SSSR count). The molecule has 0 spiro atoms. The highest BCUT2D eigenvalue weighted by atomic mass is 35.5. The van der Waals surface area contributed by atoms with Crippen LogP contribution in [0.25, 0.3) is 10.8 Å². The highest BCUT2D eigenvalue weighted by molar-refractivity contribution is 6.31. The molecule has 2 atom stereocenters. The Morgan fingerprint density at radius 3 is 2.73 bits per heavy atom. The van der Waals surface area contributed by atoms with Crippen molar-refractivity contribution >= 4 is 22.4 Å². The zero-order chi connectivity index (χ0) is 22.9. The van der Waals surface area contributed by atoms with Crippen LogP contribution in [0.15, 0.2) is 59.1 Å². The summed E-state index contributed by atoms with van der Waals surface area (Å²) in [6.07, 6.45) is 0.356. The first-order chi connectivity index (χ1) is 16.0. The van der Waals surface area contributed by atoms with Gasteiger partial charge in [-0.2, -0.15) is 4.98 Å². The van der Waals surface area contributed by atoms with Crippen molar-refractivity contribution in [1.29, 1.82) is 0 Å². The van der Waals surface area contributed by atoms with E-state index in [2.05, 4.69) is 27.2 Å². The summed E-state index contributed by atoms with van der Waals surface area (Å²) in [6.45, 7) is 1.13. The van der Waals surface area contributed by atoms with Gasteiger partial charge in [0.2, 0.25) is 5.89 Å². The molecular weight excluding hydrogens is 445 g/mol. The summed E-state index contributed by atoms with van der Waals surface area (Å²) in [5.41, 5.74) is 1.85. The Morgan fingerprint density at radius 2 is 1.94 bits per heavy atom. The topological polar surface area (TPSA) is 71.6 Å². The first kappa shape index (κ1) is 21.8. The molecule has 1 N–H and O–H groups in total. The summed E-state index contributed by atoms with van der Waals surface area (Å²) in [5, 5.41) is 17.0. The number of aliphatic hydroxyl groups is 1. The van der Waals surface area contributed by atoms with Crippen LogP contribution < -0.4 is 4.74 Å². The number of ether oxygens (including phenoxy) is 1. The predicted molar refractivity (Wildman–Crippen MR) is 123 cm³/mol. The third kappa shape index (κ3) is 4.44. The zero-order valence-electron chi connectivity index (χ0n) is 18.0. The Bertz CT molecular complexity index is 1300. The number of methoxy groups -OCH3 is 1. The normalized spacial score (nSPS) is 18.8. The molecule has 33 heavy (non-hydrogen) atoms. The lowest BCUT2D eigenvalue weighted by Crippen LogP contribution is -2.24. The number of aliphatic hydroxyl groups excluding tert-OH is 1. The standard InChI is InChI=1S/C25H23ClFN3O3/c1-32-23-9-7-16(19-4-2-3-5-20(19)23)13-30-14-18(31)12-22(30)25-28-24(29-33-25)10-15-6-8-17(27)11-21(15)26/h2-9,11,18,22,31H,10,12-14H2,1H3/t18-,22+/m1/s1. The second kappa shape index (κ2) is 9.09. The fourth-order valence-electron chi connectivity index (χ4n) is 4.49. The zero-order valence-corrected chi connectivity index (χ0v) is 18.8. The number of likely N-dealkylation sites (tertiary alicyclic amines) is 1. The Hall–Kier alpha value is -3.00. The highest BCUT2D eigenvalue weighted by Gasteiger charge is 2.36. The molecule has 1 aliphatic rings. The van der Waals surface area contributed by atoms with E-state index in [0.29, 0.717) is 42.7 Å². The van der Waals surface area contributed by atoms with E-state index in [-0.39, 0.29) is 11.9 Å². The monoisotopic (exact) mass is 467 g/mol. The number of β-amino-alcohol motifs (C(OH)–C–C–N with tert-alkyl or cyclic N) is 1. The van der Waals surface area contributed by atoms with E-state index < -0.39 is 6.10 Å². The number of nitrogens with zero attached hydrogens (tertiary/aromatic N) is 3. The fraction of sp³-hybridized carbons (Fsp3) is 0.280. The second-order valence-electron chi connectivity index (χ2n) is 8.27. The van der Waals surface area contributed by atoms with Gasteiger partial charge in [-0.15, -0.1) is 0 Å². The summed E-state index contributed by atoms with van der Waals surface area (Å²) in [6, 6.07) is 16.2.